The molecule has 1 fully saturated rings. The van der Waals surface area contributed by atoms with E-state index >= 15 is 0 Å². The van der Waals surface area contributed by atoms with E-state index in [0.717, 1.165) is 32.8 Å². The average Bonchev–Trinajstić information content (AvgIpc) is 2.77. The molecule has 1 aromatic carbocycles. The minimum absolute atomic E-state index is 0.436. The Balaban J connectivity index is 1.76. The second-order valence-electron chi connectivity index (χ2n) is 5.12. The van der Waals surface area contributed by atoms with E-state index in [1.54, 1.807) is 30.2 Å². The number of hydrogen-bond donors (Lipinski definition) is 0. The number of morpholine rings is 1. The van der Waals surface area contributed by atoms with Crippen molar-refractivity contribution in [3.8, 4) is 5.75 Å². The van der Waals surface area contributed by atoms with E-state index in [9.17, 15) is 9.59 Å². The minimum Gasteiger partial charge on any atom is -0.497 e. The number of ether oxygens (including phenoxy) is 2. The van der Waals surface area contributed by atoms with Crippen LogP contribution in [0.2, 0.25) is 0 Å². The lowest BCUT2D eigenvalue weighted by molar-refractivity contribution is -0.114. The summed E-state index contributed by atoms with van der Waals surface area (Å²) in [5.41, 5.74) is 1.11. The summed E-state index contributed by atoms with van der Waals surface area (Å²) in [5.74, 6) is -0.242. The van der Waals surface area contributed by atoms with Crippen LogP contribution in [-0.4, -0.2) is 63.1 Å². The van der Waals surface area contributed by atoms with Gasteiger partial charge in [0.25, 0.3) is 11.7 Å². The first-order valence-electron chi connectivity index (χ1n) is 7.05. The molecule has 1 amide bonds. The molecule has 1 aromatic rings. The van der Waals surface area contributed by atoms with Gasteiger partial charge in [-0.1, -0.05) is 0 Å². The lowest BCUT2D eigenvalue weighted by Gasteiger charge is -2.28. The molecule has 0 bridgehead atoms. The van der Waals surface area contributed by atoms with E-state index in [1.807, 2.05) is 0 Å². The van der Waals surface area contributed by atoms with Crippen molar-refractivity contribution in [1.82, 2.24) is 4.90 Å². The van der Waals surface area contributed by atoms with Gasteiger partial charge in [-0.15, -0.1) is 0 Å². The predicted molar refractivity (Wildman–Crippen MR) is 76.9 cm³/mol. The zero-order valence-corrected chi connectivity index (χ0v) is 12.0. The first-order chi connectivity index (χ1) is 10.2. The van der Waals surface area contributed by atoms with Crippen LogP contribution in [0.15, 0.2) is 18.2 Å². The molecular weight excluding hydrogens is 272 g/mol. The van der Waals surface area contributed by atoms with Crippen LogP contribution in [0.25, 0.3) is 0 Å². The molecule has 2 aliphatic rings. The van der Waals surface area contributed by atoms with Gasteiger partial charge in [-0.05, 0) is 12.1 Å². The molecule has 3 rings (SSSR count). The highest BCUT2D eigenvalue weighted by atomic mass is 16.5. The summed E-state index contributed by atoms with van der Waals surface area (Å²) >= 11 is 0. The molecule has 112 valence electrons. The number of anilines is 1. The molecule has 0 radical (unpaired) electrons. The SMILES string of the molecule is COc1ccc2c(c1)N(CCN1CCOCC1)C(=O)C2=O. The number of carbonyl (C=O) groups excluding carboxylic acids is 2. The molecule has 0 aromatic heterocycles. The van der Waals surface area contributed by atoms with Gasteiger partial charge in [-0.3, -0.25) is 14.5 Å². The second kappa shape index (κ2) is 5.83. The Bertz CT molecular complexity index is 567. The molecule has 0 spiro atoms. The first kappa shape index (κ1) is 14.0. The summed E-state index contributed by atoms with van der Waals surface area (Å²) in [5, 5.41) is 0. The summed E-state index contributed by atoms with van der Waals surface area (Å²) in [7, 11) is 1.57. The number of Topliss-reactive ketones (excluding diaryl/α,β-unsaturated/α-hetero) is 1. The highest BCUT2D eigenvalue weighted by molar-refractivity contribution is 6.52. The molecular formula is C15H18N2O4. The van der Waals surface area contributed by atoms with Crippen LogP contribution < -0.4 is 9.64 Å². The smallest absolute Gasteiger partial charge is 0.299 e. The number of amides is 1. The Morgan fingerprint density at radius 3 is 2.67 bits per heavy atom. The summed E-state index contributed by atoms with van der Waals surface area (Å²) < 4.78 is 10.5. The van der Waals surface area contributed by atoms with E-state index in [1.165, 1.54) is 0 Å². The Morgan fingerprint density at radius 2 is 1.95 bits per heavy atom. The van der Waals surface area contributed by atoms with Crippen molar-refractivity contribution in [2.45, 2.75) is 0 Å². The van der Waals surface area contributed by atoms with Crippen molar-refractivity contribution < 1.29 is 19.1 Å². The molecule has 0 saturated carbocycles. The van der Waals surface area contributed by atoms with Gasteiger partial charge in [0, 0.05) is 32.2 Å². The molecule has 2 aliphatic heterocycles. The minimum atomic E-state index is -0.452. The van der Waals surface area contributed by atoms with Crippen LogP contribution in [0.5, 0.6) is 5.75 Å². The molecule has 6 heteroatoms. The van der Waals surface area contributed by atoms with Crippen molar-refractivity contribution >= 4 is 17.4 Å². The zero-order valence-electron chi connectivity index (χ0n) is 12.0. The van der Waals surface area contributed by atoms with Crippen molar-refractivity contribution in [1.29, 1.82) is 0 Å². The van der Waals surface area contributed by atoms with Gasteiger partial charge >= 0.3 is 0 Å². The molecule has 2 heterocycles. The molecule has 0 unspecified atom stereocenters. The van der Waals surface area contributed by atoms with Gasteiger partial charge in [0.2, 0.25) is 0 Å². The predicted octanol–water partition coefficient (Wildman–Crippen LogP) is 0.557. The topological polar surface area (TPSA) is 59.1 Å². The summed E-state index contributed by atoms with van der Waals surface area (Å²) in [6, 6.07) is 5.11. The third-order valence-corrected chi connectivity index (χ3v) is 3.92. The van der Waals surface area contributed by atoms with Crippen LogP contribution in [0, 0.1) is 0 Å². The van der Waals surface area contributed by atoms with Crippen molar-refractivity contribution in [2.24, 2.45) is 0 Å². The Morgan fingerprint density at radius 1 is 1.19 bits per heavy atom. The summed E-state index contributed by atoms with van der Waals surface area (Å²) in [6.07, 6.45) is 0. The molecule has 21 heavy (non-hydrogen) atoms. The summed E-state index contributed by atoms with van der Waals surface area (Å²) in [4.78, 5) is 27.9. The van der Waals surface area contributed by atoms with Crippen LogP contribution in [-0.2, 0) is 9.53 Å². The fraction of sp³-hybridized carbons (Fsp3) is 0.467. The third-order valence-electron chi connectivity index (χ3n) is 3.92. The Kier molecular flexibility index (Phi) is 3.90. The van der Waals surface area contributed by atoms with Gasteiger partial charge < -0.3 is 14.4 Å². The van der Waals surface area contributed by atoms with Crippen molar-refractivity contribution in [3.63, 3.8) is 0 Å². The van der Waals surface area contributed by atoms with Gasteiger partial charge in [0.15, 0.2) is 0 Å². The van der Waals surface area contributed by atoms with Gasteiger partial charge in [0.05, 0.1) is 31.6 Å². The molecule has 0 atom stereocenters. The number of methoxy groups -OCH3 is 1. The number of hydrogen-bond acceptors (Lipinski definition) is 5. The third kappa shape index (κ3) is 2.64. The summed E-state index contributed by atoms with van der Waals surface area (Å²) in [6.45, 7) is 4.40. The number of rotatable bonds is 4. The van der Waals surface area contributed by atoms with E-state index in [0.29, 0.717) is 23.5 Å². The van der Waals surface area contributed by atoms with Crippen molar-refractivity contribution in [3.05, 3.63) is 23.8 Å². The van der Waals surface area contributed by atoms with Gasteiger partial charge in [0.1, 0.15) is 5.75 Å². The Labute approximate surface area is 123 Å². The number of ketones is 1. The maximum absolute atomic E-state index is 12.1. The lowest BCUT2D eigenvalue weighted by Crippen LogP contribution is -2.42. The average molecular weight is 290 g/mol. The molecule has 0 N–H and O–H groups in total. The van der Waals surface area contributed by atoms with Crippen molar-refractivity contribution in [2.75, 3.05) is 51.4 Å². The largest absolute Gasteiger partial charge is 0.497 e. The first-order valence-corrected chi connectivity index (χ1v) is 7.05. The second-order valence-corrected chi connectivity index (χ2v) is 5.12. The Hall–Kier alpha value is -1.92. The van der Waals surface area contributed by atoms with E-state index < -0.39 is 11.7 Å². The zero-order chi connectivity index (χ0) is 14.8. The molecule has 1 saturated heterocycles. The maximum atomic E-state index is 12.1. The number of benzene rings is 1. The normalized spacial score (nSPS) is 19.0. The van der Waals surface area contributed by atoms with Gasteiger partial charge in [-0.2, -0.15) is 0 Å². The fourth-order valence-electron chi connectivity index (χ4n) is 2.69. The standard InChI is InChI=1S/C15H18N2O4/c1-20-11-2-3-12-13(10-11)17(15(19)14(12)18)5-4-16-6-8-21-9-7-16/h2-3,10H,4-9H2,1H3. The lowest BCUT2D eigenvalue weighted by atomic mass is 10.1. The molecule has 6 nitrogen and oxygen atoms in total. The van der Waals surface area contributed by atoms with Gasteiger partial charge in [-0.25, -0.2) is 0 Å². The number of nitrogens with zero attached hydrogens (tertiary/aromatic N) is 2. The number of fused-ring (bicyclic) bond motifs is 1. The van der Waals surface area contributed by atoms with Crippen LogP contribution in [0.3, 0.4) is 0 Å². The van der Waals surface area contributed by atoms with E-state index in [2.05, 4.69) is 4.90 Å². The highest BCUT2D eigenvalue weighted by Gasteiger charge is 2.36. The monoisotopic (exact) mass is 290 g/mol. The van der Waals surface area contributed by atoms with Crippen LogP contribution in [0.4, 0.5) is 5.69 Å². The molecule has 0 aliphatic carbocycles. The quantitative estimate of drug-likeness (QED) is 0.758. The fourth-order valence-corrected chi connectivity index (χ4v) is 2.69. The maximum Gasteiger partial charge on any atom is 0.299 e. The van der Waals surface area contributed by atoms with Crippen LogP contribution >= 0.6 is 0 Å². The van der Waals surface area contributed by atoms with E-state index in [4.69, 9.17) is 9.47 Å². The highest BCUT2D eigenvalue weighted by Crippen LogP contribution is 2.32. The van der Waals surface area contributed by atoms with Crippen LogP contribution in [0.1, 0.15) is 10.4 Å². The van der Waals surface area contributed by atoms with E-state index in [-0.39, 0.29) is 0 Å². The number of carbonyl (C=O) groups is 2.